The molecule has 3 unspecified atom stereocenters. The van der Waals surface area contributed by atoms with Crippen molar-refractivity contribution in [2.24, 2.45) is 11.8 Å². The van der Waals surface area contributed by atoms with E-state index in [4.69, 9.17) is 0 Å². The van der Waals surface area contributed by atoms with Crippen LogP contribution in [0.3, 0.4) is 0 Å². The lowest BCUT2D eigenvalue weighted by atomic mass is 9.84. The third-order valence-electron chi connectivity index (χ3n) is 6.06. The van der Waals surface area contributed by atoms with Gasteiger partial charge in [0.1, 0.15) is 0 Å². The first-order chi connectivity index (χ1) is 11.6. The van der Waals surface area contributed by atoms with E-state index in [9.17, 15) is 5.11 Å². The quantitative estimate of drug-likeness (QED) is 0.809. The van der Waals surface area contributed by atoms with Gasteiger partial charge in [0, 0.05) is 19.6 Å². The number of benzene rings is 1. The number of hydrogen-bond acceptors (Lipinski definition) is 2. The van der Waals surface area contributed by atoms with Crippen molar-refractivity contribution in [3.8, 4) is 0 Å². The molecule has 0 bridgehead atoms. The highest BCUT2D eigenvalue weighted by molar-refractivity contribution is 5.27. The van der Waals surface area contributed by atoms with E-state index in [0.717, 1.165) is 36.3 Å². The number of rotatable bonds is 5. The van der Waals surface area contributed by atoms with Gasteiger partial charge in [0.05, 0.1) is 6.10 Å². The molecule has 24 heavy (non-hydrogen) atoms. The van der Waals surface area contributed by atoms with Crippen LogP contribution < -0.4 is 0 Å². The highest BCUT2D eigenvalue weighted by Gasteiger charge is 2.22. The summed E-state index contributed by atoms with van der Waals surface area (Å²) in [5.74, 6) is 2.34. The van der Waals surface area contributed by atoms with Crippen molar-refractivity contribution >= 4 is 0 Å². The Hall–Kier alpha value is -0.860. The summed E-state index contributed by atoms with van der Waals surface area (Å²) in [5, 5.41) is 10.6. The number of hydrogen-bond donors (Lipinski definition) is 1. The minimum absolute atomic E-state index is 0.321. The summed E-state index contributed by atoms with van der Waals surface area (Å²) in [6.45, 7) is 8.10. The molecule has 1 aromatic rings. The van der Waals surface area contributed by atoms with E-state index in [1.54, 1.807) is 0 Å². The van der Waals surface area contributed by atoms with Gasteiger partial charge in [-0.25, -0.2) is 0 Å². The molecule has 1 saturated carbocycles. The van der Waals surface area contributed by atoms with Crippen LogP contribution in [-0.4, -0.2) is 29.6 Å². The smallest absolute Gasteiger partial charge is 0.0802 e. The Balaban J connectivity index is 1.50. The molecule has 1 aromatic carbocycles. The Kier molecular flexibility index (Phi) is 6.35. The first kappa shape index (κ1) is 17.9. The van der Waals surface area contributed by atoms with Crippen LogP contribution in [-0.2, 0) is 0 Å². The molecule has 1 N–H and O–H groups in total. The second-order valence-corrected chi connectivity index (χ2v) is 8.51. The summed E-state index contributed by atoms with van der Waals surface area (Å²) in [5.41, 5.74) is 2.57. The Morgan fingerprint density at radius 3 is 2.25 bits per heavy atom. The van der Waals surface area contributed by atoms with E-state index in [1.807, 2.05) is 0 Å². The van der Waals surface area contributed by atoms with Gasteiger partial charge in [-0.2, -0.15) is 0 Å². The van der Waals surface area contributed by atoms with Gasteiger partial charge in [-0.3, -0.25) is 0 Å². The van der Waals surface area contributed by atoms with Crippen LogP contribution in [0.4, 0.5) is 0 Å². The molecule has 0 aromatic heterocycles. The molecule has 1 saturated heterocycles. The second-order valence-electron chi connectivity index (χ2n) is 8.51. The van der Waals surface area contributed by atoms with Gasteiger partial charge in [0.15, 0.2) is 0 Å². The average Bonchev–Trinajstić information content (AvgIpc) is 2.60. The highest BCUT2D eigenvalue weighted by atomic mass is 16.3. The fourth-order valence-corrected chi connectivity index (χ4v) is 4.87. The highest BCUT2D eigenvalue weighted by Crippen LogP contribution is 2.33. The summed E-state index contributed by atoms with van der Waals surface area (Å²) >= 11 is 0. The molecule has 2 nitrogen and oxygen atoms in total. The van der Waals surface area contributed by atoms with Gasteiger partial charge in [0.25, 0.3) is 0 Å². The van der Waals surface area contributed by atoms with Crippen LogP contribution in [0.5, 0.6) is 0 Å². The maximum atomic E-state index is 10.6. The third-order valence-corrected chi connectivity index (χ3v) is 6.06. The van der Waals surface area contributed by atoms with Gasteiger partial charge in [-0.1, -0.05) is 57.4 Å². The maximum Gasteiger partial charge on any atom is 0.0802 e. The molecule has 1 aliphatic heterocycles. The summed E-state index contributed by atoms with van der Waals surface area (Å²) in [6.07, 6.45) is 8.72. The Bertz CT molecular complexity index is 481. The van der Waals surface area contributed by atoms with Crippen molar-refractivity contribution in [3.63, 3.8) is 0 Å². The predicted molar refractivity (Wildman–Crippen MR) is 101 cm³/mol. The average molecular weight is 330 g/mol. The Labute approximate surface area is 148 Å². The molecule has 2 heteroatoms. The molecule has 2 aliphatic rings. The molecular weight excluding hydrogens is 294 g/mol. The van der Waals surface area contributed by atoms with E-state index < -0.39 is 0 Å². The SMILES string of the molecule is CC1CC(C)CN(CCC(O)c2ccc(C3CCCCC3)cc2)C1. The summed E-state index contributed by atoms with van der Waals surface area (Å²) in [4.78, 5) is 2.54. The standard InChI is InChI=1S/C22H35NO/c1-17-14-18(2)16-23(15-17)13-12-22(24)21-10-8-20(9-11-21)19-6-4-3-5-7-19/h8-11,17-19,22,24H,3-7,12-16H2,1-2H3. The minimum atomic E-state index is -0.321. The zero-order chi connectivity index (χ0) is 16.9. The van der Waals surface area contributed by atoms with E-state index in [0.29, 0.717) is 0 Å². The lowest BCUT2D eigenvalue weighted by Crippen LogP contribution is -2.39. The van der Waals surface area contributed by atoms with Gasteiger partial charge in [-0.15, -0.1) is 0 Å². The second kappa shape index (κ2) is 8.49. The Morgan fingerprint density at radius 1 is 1.00 bits per heavy atom. The van der Waals surface area contributed by atoms with Gasteiger partial charge in [0.2, 0.25) is 0 Å². The van der Waals surface area contributed by atoms with E-state index in [2.05, 4.69) is 43.0 Å². The van der Waals surface area contributed by atoms with Crippen LogP contribution in [0.2, 0.25) is 0 Å². The summed E-state index contributed by atoms with van der Waals surface area (Å²) in [7, 11) is 0. The molecule has 0 spiro atoms. The topological polar surface area (TPSA) is 23.5 Å². The van der Waals surface area contributed by atoms with E-state index >= 15 is 0 Å². The van der Waals surface area contributed by atoms with Crippen molar-refractivity contribution in [2.75, 3.05) is 19.6 Å². The van der Waals surface area contributed by atoms with E-state index in [-0.39, 0.29) is 6.10 Å². The monoisotopic (exact) mass is 329 g/mol. The predicted octanol–water partition coefficient (Wildman–Crippen LogP) is 5.14. The number of aliphatic hydroxyl groups is 1. The largest absolute Gasteiger partial charge is 0.388 e. The van der Waals surface area contributed by atoms with Crippen molar-refractivity contribution in [3.05, 3.63) is 35.4 Å². The number of nitrogens with zero attached hydrogens (tertiary/aromatic N) is 1. The molecule has 3 rings (SSSR count). The van der Waals surface area contributed by atoms with Crippen LogP contribution >= 0.6 is 0 Å². The van der Waals surface area contributed by atoms with Crippen LogP contribution in [0.25, 0.3) is 0 Å². The van der Waals surface area contributed by atoms with Gasteiger partial charge >= 0.3 is 0 Å². The molecular formula is C22H35NO. The molecule has 1 aliphatic carbocycles. The normalized spacial score (nSPS) is 28.0. The molecule has 2 fully saturated rings. The maximum absolute atomic E-state index is 10.6. The minimum Gasteiger partial charge on any atom is -0.388 e. The van der Waals surface area contributed by atoms with Crippen LogP contribution in [0, 0.1) is 11.8 Å². The Morgan fingerprint density at radius 2 is 1.62 bits per heavy atom. The summed E-state index contributed by atoms with van der Waals surface area (Å²) < 4.78 is 0. The zero-order valence-electron chi connectivity index (χ0n) is 15.6. The van der Waals surface area contributed by atoms with Crippen molar-refractivity contribution in [1.82, 2.24) is 4.90 Å². The molecule has 0 amide bonds. The number of likely N-dealkylation sites (tertiary alicyclic amines) is 1. The van der Waals surface area contributed by atoms with Crippen molar-refractivity contribution < 1.29 is 5.11 Å². The zero-order valence-corrected chi connectivity index (χ0v) is 15.6. The lowest BCUT2D eigenvalue weighted by molar-refractivity contribution is 0.103. The number of piperidine rings is 1. The molecule has 3 atom stereocenters. The molecule has 1 heterocycles. The van der Waals surface area contributed by atoms with Crippen LogP contribution in [0.15, 0.2) is 24.3 Å². The van der Waals surface area contributed by atoms with Crippen molar-refractivity contribution in [1.29, 1.82) is 0 Å². The summed E-state index contributed by atoms with van der Waals surface area (Å²) in [6, 6.07) is 8.85. The first-order valence-corrected chi connectivity index (χ1v) is 10.1. The fraction of sp³-hybridized carbons (Fsp3) is 0.727. The van der Waals surface area contributed by atoms with Crippen molar-refractivity contribution in [2.45, 2.75) is 70.8 Å². The third kappa shape index (κ3) is 4.83. The van der Waals surface area contributed by atoms with Crippen LogP contribution in [0.1, 0.15) is 81.9 Å². The molecule has 0 radical (unpaired) electrons. The number of aliphatic hydroxyl groups excluding tert-OH is 1. The lowest BCUT2D eigenvalue weighted by Gasteiger charge is -2.35. The van der Waals surface area contributed by atoms with E-state index in [1.165, 1.54) is 57.2 Å². The van der Waals surface area contributed by atoms with Gasteiger partial charge < -0.3 is 10.0 Å². The molecule has 134 valence electrons. The van der Waals surface area contributed by atoms with Gasteiger partial charge in [-0.05, 0) is 54.6 Å². The first-order valence-electron chi connectivity index (χ1n) is 10.1. The fourth-order valence-electron chi connectivity index (χ4n) is 4.87.